The van der Waals surface area contributed by atoms with Gasteiger partial charge in [-0.3, -0.25) is 4.90 Å². The number of piperazine rings is 1. The van der Waals surface area contributed by atoms with Gasteiger partial charge in [0.25, 0.3) is 0 Å². The van der Waals surface area contributed by atoms with E-state index in [1.165, 1.54) is 17.0 Å². The van der Waals surface area contributed by atoms with E-state index in [4.69, 9.17) is 28.1 Å². The smallest absolute Gasteiger partial charge is 0.317 e. The number of hydrogen-bond donors (Lipinski definition) is 1. The minimum absolute atomic E-state index is 0.0789. The van der Waals surface area contributed by atoms with Crippen molar-refractivity contribution in [3.8, 4) is 0 Å². The number of benzene rings is 1. The van der Waals surface area contributed by atoms with Crippen molar-refractivity contribution in [3.63, 3.8) is 0 Å². The van der Waals surface area contributed by atoms with Crippen molar-refractivity contribution in [1.29, 1.82) is 0 Å². The molecule has 2 fully saturated rings. The van der Waals surface area contributed by atoms with Gasteiger partial charge in [-0.05, 0) is 63.0 Å². The molecule has 1 aliphatic heterocycles. The number of amides is 2. The van der Waals surface area contributed by atoms with Crippen LogP contribution in [0.15, 0.2) is 18.2 Å². The van der Waals surface area contributed by atoms with Crippen LogP contribution < -0.4 is 10.2 Å². The Morgan fingerprint density at radius 1 is 1.25 bits per heavy atom. The van der Waals surface area contributed by atoms with Crippen LogP contribution in [0.3, 0.4) is 0 Å². The third kappa shape index (κ3) is 5.54. The first kappa shape index (κ1) is 10.5. The highest BCUT2D eigenvalue weighted by atomic mass is 35.5. The second kappa shape index (κ2) is 9.84. The molecular formula is C22H35ClN4O. The van der Waals surface area contributed by atoms with Gasteiger partial charge in [-0.1, -0.05) is 23.7 Å². The fourth-order valence-corrected chi connectivity index (χ4v) is 3.29. The van der Waals surface area contributed by atoms with Gasteiger partial charge in [-0.15, -0.1) is 0 Å². The van der Waals surface area contributed by atoms with Crippen LogP contribution in [-0.4, -0.2) is 68.5 Å². The molecule has 0 atom stereocenters. The molecule has 1 saturated heterocycles. The van der Waals surface area contributed by atoms with Crippen LogP contribution >= 0.6 is 11.6 Å². The van der Waals surface area contributed by atoms with Crippen molar-refractivity contribution in [2.75, 3.05) is 51.5 Å². The van der Waals surface area contributed by atoms with E-state index in [9.17, 15) is 4.79 Å². The maximum Gasteiger partial charge on any atom is 0.317 e. The normalized spacial score (nSPS) is 38.1. The first-order chi connectivity index (χ1) is 18.0. The van der Waals surface area contributed by atoms with Crippen LogP contribution in [-0.2, 0) is 0 Å². The molecule has 0 radical (unpaired) electrons. The molecule has 0 aromatic heterocycles. The molecule has 6 heteroatoms. The first-order valence-electron chi connectivity index (χ1n) is 15.3. The van der Waals surface area contributed by atoms with Crippen LogP contribution in [0.5, 0.6) is 0 Å². The summed E-state index contributed by atoms with van der Waals surface area (Å²) in [6, 6.07) is 3.57. The Kier molecular flexibility index (Phi) is 3.70. The quantitative estimate of drug-likeness (QED) is 0.785. The van der Waals surface area contributed by atoms with Crippen LogP contribution in [0.2, 0.25) is 5.02 Å². The zero-order valence-electron chi connectivity index (χ0n) is 28.3. The summed E-state index contributed by atoms with van der Waals surface area (Å²) in [7, 11) is 3.14. The molecule has 1 N–H and O–H groups in total. The monoisotopic (exact) mass is 418 g/mol. The SMILES string of the molecule is [2H]C1([2H])N(c2cccc(C)c2Cl)C([2H])([2H])C([2H])([2H])N(C([2H])([2H])C([2H])([2H])[C@H]2CC[C@H](NC(=O)N(C)C)CC2)C1([2H])[2H]. The third-order valence-electron chi connectivity index (χ3n) is 4.80. The molecule has 3 rings (SSSR count). The molecule has 1 aromatic carbocycles. The molecule has 1 aliphatic carbocycles. The lowest BCUT2D eigenvalue weighted by Gasteiger charge is -2.37. The second-order valence-electron chi connectivity index (χ2n) is 7.17. The van der Waals surface area contributed by atoms with Crippen LogP contribution in [0.4, 0.5) is 10.5 Å². The summed E-state index contributed by atoms with van der Waals surface area (Å²) in [5, 5.41) is 2.66. The number of halogens is 1. The Morgan fingerprint density at radius 3 is 2.57 bits per heavy atom. The molecule has 0 spiro atoms. The van der Waals surface area contributed by atoms with E-state index in [1.807, 2.05) is 0 Å². The van der Waals surface area contributed by atoms with Gasteiger partial charge in [0.15, 0.2) is 0 Å². The van der Waals surface area contributed by atoms with Gasteiger partial charge in [0.1, 0.15) is 0 Å². The number of aryl methyl sites for hydroxylation is 1. The fraction of sp³-hybridized carbons (Fsp3) is 0.682. The van der Waals surface area contributed by atoms with Gasteiger partial charge >= 0.3 is 6.03 Å². The number of nitrogens with zero attached hydrogens (tertiary/aromatic N) is 3. The van der Waals surface area contributed by atoms with Gasteiger partial charge in [0.05, 0.1) is 16.2 Å². The number of carbonyl (C=O) groups excluding carboxylic acids is 1. The zero-order valence-corrected chi connectivity index (χ0v) is 17.1. The second-order valence-corrected chi connectivity index (χ2v) is 7.55. The van der Waals surface area contributed by atoms with Gasteiger partial charge < -0.3 is 15.1 Å². The molecule has 0 unspecified atom stereocenters. The van der Waals surface area contributed by atoms with Gasteiger partial charge in [-0.25, -0.2) is 4.79 Å². The highest BCUT2D eigenvalue weighted by molar-refractivity contribution is 6.34. The summed E-state index contributed by atoms with van der Waals surface area (Å²) in [5.74, 6) is -1.05. The average molecular weight is 419 g/mol. The predicted molar refractivity (Wildman–Crippen MR) is 117 cm³/mol. The Labute approximate surface area is 191 Å². The van der Waals surface area contributed by atoms with E-state index in [0.717, 1.165) is 0 Å². The third-order valence-corrected chi connectivity index (χ3v) is 5.29. The van der Waals surface area contributed by atoms with Crippen LogP contribution in [0.25, 0.3) is 0 Å². The minimum atomic E-state index is -3.59. The summed E-state index contributed by atoms with van der Waals surface area (Å²) in [6.07, 6.45) is -2.20. The molecule has 156 valence electrons. The molecule has 0 bridgehead atoms. The molecule has 2 amide bonds. The lowest BCUT2D eigenvalue weighted by atomic mass is 9.84. The zero-order chi connectivity index (χ0) is 30.9. The van der Waals surface area contributed by atoms with Crippen molar-refractivity contribution >= 4 is 23.3 Å². The maximum atomic E-state index is 12.0. The van der Waals surface area contributed by atoms with Crippen LogP contribution in [0.1, 0.15) is 54.1 Å². The minimum Gasteiger partial charge on any atom is -0.368 e. The van der Waals surface area contributed by atoms with Crippen molar-refractivity contribution in [1.82, 2.24) is 15.1 Å². The molecular weight excluding hydrogens is 372 g/mol. The highest BCUT2D eigenvalue weighted by Gasteiger charge is 2.24. The van der Waals surface area contributed by atoms with E-state index in [0.29, 0.717) is 18.4 Å². The Morgan fingerprint density at radius 2 is 1.93 bits per heavy atom. The van der Waals surface area contributed by atoms with Gasteiger partial charge in [0, 0.05) is 57.1 Å². The molecule has 5 nitrogen and oxygen atoms in total. The molecule has 1 saturated carbocycles. The predicted octanol–water partition coefficient (Wildman–Crippen LogP) is 3.99. The average Bonchev–Trinajstić information content (AvgIpc) is 2.80. The first-order valence-corrected chi connectivity index (χ1v) is 9.69. The van der Waals surface area contributed by atoms with E-state index in [-0.39, 0.29) is 45.4 Å². The topological polar surface area (TPSA) is 38.8 Å². The number of hydrogen-bond acceptors (Lipinski definition) is 3. The van der Waals surface area contributed by atoms with Gasteiger partial charge in [0.2, 0.25) is 0 Å². The number of rotatable bonds is 5. The molecule has 2 aliphatic rings. The Hall–Kier alpha value is -1.46. The molecule has 28 heavy (non-hydrogen) atoms. The lowest BCUT2D eigenvalue weighted by molar-refractivity contribution is 0.194. The Bertz CT molecular complexity index is 1100. The fourth-order valence-electron chi connectivity index (χ4n) is 3.08. The van der Waals surface area contributed by atoms with Crippen LogP contribution in [0, 0.1) is 12.8 Å². The summed E-state index contributed by atoms with van der Waals surface area (Å²) in [5.41, 5.74) is 0.0732. The standard InChI is InChI=1S/C22H35ClN4O/c1-17-5-4-6-20(21(17)23)27-15-13-26(14-16-27)12-11-18-7-9-19(10-8-18)24-22(28)25(2)3/h4-6,18-19H,7-16H2,1-3H3,(H,24,28)/t18-,19-/i11D2,12D2,13D2,14D2,15D2,16D2. The maximum absolute atomic E-state index is 12.0. The number of anilines is 1. The number of carbonyl (C=O) groups is 1. The molecule has 1 aromatic rings. The number of urea groups is 1. The Balaban J connectivity index is 2.04. The molecule has 1 heterocycles. The summed E-state index contributed by atoms with van der Waals surface area (Å²) in [4.78, 5) is 13.3. The largest absolute Gasteiger partial charge is 0.368 e. The highest BCUT2D eigenvalue weighted by Crippen LogP contribution is 2.30. The lowest BCUT2D eigenvalue weighted by Crippen LogP contribution is -2.47. The van der Waals surface area contributed by atoms with E-state index >= 15 is 0 Å². The van der Waals surface area contributed by atoms with E-state index in [2.05, 4.69) is 5.32 Å². The number of nitrogens with one attached hydrogen (secondary N) is 1. The summed E-state index contributed by atoms with van der Waals surface area (Å²) >= 11 is 6.33. The van der Waals surface area contributed by atoms with Crippen molar-refractivity contribution in [2.45, 2.75) is 45.0 Å². The van der Waals surface area contributed by atoms with Crippen molar-refractivity contribution in [3.05, 3.63) is 28.8 Å². The summed E-state index contributed by atoms with van der Waals surface area (Å²) < 4.78 is 105. The van der Waals surface area contributed by atoms with E-state index < -0.39 is 44.8 Å². The summed E-state index contributed by atoms with van der Waals surface area (Å²) in [6.45, 7) is -16.0. The van der Waals surface area contributed by atoms with E-state index in [1.54, 1.807) is 27.1 Å². The van der Waals surface area contributed by atoms with Gasteiger partial charge in [-0.2, -0.15) is 0 Å². The van der Waals surface area contributed by atoms with Crippen molar-refractivity contribution in [2.24, 2.45) is 5.92 Å². The van der Waals surface area contributed by atoms with Crippen molar-refractivity contribution < 1.29 is 21.2 Å².